The van der Waals surface area contributed by atoms with Crippen molar-refractivity contribution in [3.63, 3.8) is 0 Å². The molecule has 0 atom stereocenters. The Balaban J connectivity index is 0.000000359. The van der Waals surface area contributed by atoms with Crippen LogP contribution < -0.4 is 5.32 Å². The molecule has 0 saturated heterocycles. The molecule has 9 nitrogen and oxygen atoms in total. The fraction of sp³-hybridized carbons (Fsp3) is 0.385. The molecule has 0 fully saturated rings. The normalized spacial score (nSPS) is 12.3. The first-order valence-corrected chi connectivity index (χ1v) is 8.24. The molecule has 146 valence electrons. The van der Waals surface area contributed by atoms with Gasteiger partial charge in [0.05, 0.1) is 23.6 Å². The maximum atomic E-state index is 11.7. The van der Waals surface area contributed by atoms with E-state index in [1.54, 1.807) is 33.0 Å². The van der Waals surface area contributed by atoms with Gasteiger partial charge in [-0.2, -0.15) is 26.7 Å². The number of carbonyl (C=O) groups is 1. The number of rotatable bonds is 1. The molecule has 3 N–H and O–H groups in total. The van der Waals surface area contributed by atoms with Crippen molar-refractivity contribution in [2.24, 2.45) is 0 Å². The van der Waals surface area contributed by atoms with Crippen LogP contribution in [0.25, 0.3) is 5.52 Å². The van der Waals surface area contributed by atoms with Crippen LogP contribution in [-0.2, 0) is 14.9 Å². The van der Waals surface area contributed by atoms with Crippen LogP contribution in [0.2, 0.25) is 0 Å². The Labute approximate surface area is 146 Å². The van der Waals surface area contributed by atoms with Gasteiger partial charge in [-0.1, -0.05) is 0 Å². The number of hydrogen-bond donors (Lipinski definition) is 3. The monoisotopic (exact) mass is 399 g/mol. The average Bonchev–Trinajstić information content (AvgIpc) is 2.82. The maximum absolute atomic E-state index is 11.7. The van der Waals surface area contributed by atoms with Gasteiger partial charge in [-0.05, 0) is 26.8 Å². The molecular weight excluding hydrogens is 383 g/mol. The Morgan fingerprint density at radius 1 is 1.31 bits per heavy atom. The molecule has 0 bridgehead atoms. The summed E-state index contributed by atoms with van der Waals surface area (Å²) in [6, 6.07) is 3.17. The average molecular weight is 399 g/mol. The topological polar surface area (TPSA) is 130 Å². The number of aromatic nitrogens is 2. The zero-order valence-corrected chi connectivity index (χ0v) is 14.6. The number of ether oxygens (including phenoxy) is 1. The first kappa shape index (κ1) is 21.5. The highest BCUT2D eigenvalue weighted by atomic mass is 32.2. The molecule has 2 aromatic heterocycles. The predicted octanol–water partition coefficient (Wildman–Crippen LogP) is 2.78. The predicted molar refractivity (Wildman–Crippen MR) is 84.3 cm³/mol. The van der Waals surface area contributed by atoms with E-state index in [1.807, 2.05) is 0 Å². The molecule has 1 amide bonds. The van der Waals surface area contributed by atoms with Crippen molar-refractivity contribution in [2.75, 3.05) is 5.32 Å². The van der Waals surface area contributed by atoms with Gasteiger partial charge in [0, 0.05) is 6.07 Å². The van der Waals surface area contributed by atoms with Gasteiger partial charge in [-0.25, -0.2) is 9.31 Å². The molecule has 0 aliphatic heterocycles. The van der Waals surface area contributed by atoms with Gasteiger partial charge < -0.3 is 9.84 Å². The Morgan fingerprint density at radius 3 is 2.31 bits per heavy atom. The molecule has 13 heteroatoms. The number of anilines is 1. The lowest BCUT2D eigenvalue weighted by Crippen LogP contribution is -2.27. The minimum Gasteiger partial charge on any atom is -0.506 e. The number of carbonyl (C=O) groups excluding carboxylic acids is 1. The summed E-state index contributed by atoms with van der Waals surface area (Å²) in [6.45, 7) is 5.34. The Kier molecular flexibility index (Phi) is 6.10. The van der Waals surface area contributed by atoms with E-state index in [-0.39, 0.29) is 5.75 Å². The zero-order valence-electron chi connectivity index (χ0n) is 13.8. The van der Waals surface area contributed by atoms with Crippen molar-refractivity contribution in [3.8, 4) is 5.75 Å². The minimum absolute atomic E-state index is 0.0114. The van der Waals surface area contributed by atoms with E-state index >= 15 is 0 Å². The van der Waals surface area contributed by atoms with E-state index in [4.69, 9.17) is 17.7 Å². The van der Waals surface area contributed by atoms with Gasteiger partial charge >= 0.3 is 21.7 Å². The van der Waals surface area contributed by atoms with E-state index in [0.29, 0.717) is 11.2 Å². The second-order valence-electron chi connectivity index (χ2n) is 5.82. The van der Waals surface area contributed by atoms with Gasteiger partial charge in [0.15, 0.2) is 0 Å². The molecule has 0 aliphatic rings. The van der Waals surface area contributed by atoms with Crippen LogP contribution in [0.3, 0.4) is 0 Å². The third-order valence-corrected chi connectivity index (χ3v) is 3.01. The van der Waals surface area contributed by atoms with Crippen LogP contribution in [0.4, 0.5) is 23.7 Å². The third-order valence-electron chi connectivity index (χ3n) is 2.42. The number of pyridine rings is 1. The number of fused-ring (bicyclic) bond motifs is 1. The Bertz CT molecular complexity index is 887. The fourth-order valence-corrected chi connectivity index (χ4v) is 1.53. The lowest BCUT2D eigenvalue weighted by Gasteiger charge is -2.19. The summed E-state index contributed by atoms with van der Waals surface area (Å²) in [4.78, 5) is 11.7. The lowest BCUT2D eigenvalue weighted by molar-refractivity contribution is -0.0510. The molecular formula is C13H16F3N3O6S. The quantitative estimate of drug-likeness (QED) is 0.496. The molecule has 0 unspecified atom stereocenters. The minimum atomic E-state index is -5.84. The summed E-state index contributed by atoms with van der Waals surface area (Å²) >= 11 is 0. The standard InChI is InChI=1S/C12H15N3O3.CHF3O3S/c1-12(2,3)18-11(17)14-9-6-8(16)7-15-10(9)4-5-13-15;2-1(3,4)8(5,6)7/h4-7,16H,1-3H3,(H,14,17);(H,5,6,7). The first-order valence-electron chi connectivity index (χ1n) is 6.80. The van der Waals surface area contributed by atoms with E-state index < -0.39 is 27.3 Å². The molecule has 0 aromatic carbocycles. The molecule has 0 saturated carbocycles. The van der Waals surface area contributed by atoms with Crippen molar-refractivity contribution >= 4 is 27.4 Å². The SMILES string of the molecule is CC(C)(C)OC(=O)Nc1cc(O)cn2nccc12.O=S(=O)(O)C(F)(F)F. The van der Waals surface area contributed by atoms with Gasteiger partial charge in [0.1, 0.15) is 11.4 Å². The second-order valence-corrected chi connectivity index (χ2v) is 7.23. The summed E-state index contributed by atoms with van der Waals surface area (Å²) in [5.41, 5.74) is -4.98. The van der Waals surface area contributed by atoms with Gasteiger partial charge in [-0.15, -0.1) is 0 Å². The van der Waals surface area contributed by atoms with Crippen LogP contribution >= 0.6 is 0 Å². The summed E-state index contributed by atoms with van der Waals surface area (Å²) in [6.07, 6.45) is 2.46. The molecule has 2 rings (SSSR count). The number of nitrogens with zero attached hydrogens (tertiary/aromatic N) is 2. The van der Waals surface area contributed by atoms with Crippen LogP contribution in [0.5, 0.6) is 5.75 Å². The maximum Gasteiger partial charge on any atom is 0.522 e. The van der Waals surface area contributed by atoms with E-state index in [9.17, 15) is 23.1 Å². The van der Waals surface area contributed by atoms with Crippen molar-refractivity contribution in [1.82, 2.24) is 9.61 Å². The van der Waals surface area contributed by atoms with Crippen molar-refractivity contribution in [3.05, 3.63) is 24.5 Å². The summed E-state index contributed by atoms with van der Waals surface area (Å²) in [7, 11) is -5.84. The Hall–Kier alpha value is -2.54. The van der Waals surface area contributed by atoms with E-state index in [2.05, 4.69) is 10.4 Å². The first-order chi connectivity index (χ1) is 11.6. The molecule has 26 heavy (non-hydrogen) atoms. The number of aromatic hydroxyl groups is 1. The summed E-state index contributed by atoms with van der Waals surface area (Å²) in [5.74, 6) is 0.0114. The van der Waals surface area contributed by atoms with Crippen LogP contribution in [0.1, 0.15) is 20.8 Å². The van der Waals surface area contributed by atoms with Crippen molar-refractivity contribution < 1.29 is 40.8 Å². The van der Waals surface area contributed by atoms with Crippen LogP contribution in [0.15, 0.2) is 24.5 Å². The number of halogens is 3. The highest BCUT2D eigenvalue weighted by Gasteiger charge is 2.44. The highest BCUT2D eigenvalue weighted by molar-refractivity contribution is 7.86. The van der Waals surface area contributed by atoms with Crippen LogP contribution in [-0.4, -0.2) is 44.9 Å². The van der Waals surface area contributed by atoms with Crippen molar-refractivity contribution in [2.45, 2.75) is 31.9 Å². The summed E-state index contributed by atoms with van der Waals surface area (Å²) in [5, 5.41) is 16.1. The smallest absolute Gasteiger partial charge is 0.506 e. The summed E-state index contributed by atoms with van der Waals surface area (Å²) < 4.78 is 64.2. The van der Waals surface area contributed by atoms with Crippen LogP contribution in [0, 0.1) is 0 Å². The third kappa shape index (κ3) is 6.40. The molecule has 0 spiro atoms. The number of alkyl halides is 3. The molecule has 2 aromatic rings. The number of nitrogens with one attached hydrogen (secondary N) is 1. The zero-order chi connectivity index (χ0) is 20.3. The van der Waals surface area contributed by atoms with Gasteiger partial charge in [0.2, 0.25) is 0 Å². The highest BCUT2D eigenvalue weighted by Crippen LogP contribution is 2.23. The molecule has 0 aliphatic carbocycles. The lowest BCUT2D eigenvalue weighted by atomic mass is 10.2. The van der Waals surface area contributed by atoms with Crippen molar-refractivity contribution in [1.29, 1.82) is 0 Å². The van der Waals surface area contributed by atoms with Gasteiger partial charge in [0.25, 0.3) is 0 Å². The Morgan fingerprint density at radius 2 is 1.85 bits per heavy atom. The van der Waals surface area contributed by atoms with E-state index in [1.165, 1.54) is 16.8 Å². The fourth-order valence-electron chi connectivity index (χ4n) is 1.53. The number of amides is 1. The second kappa shape index (κ2) is 7.37. The largest absolute Gasteiger partial charge is 0.522 e. The van der Waals surface area contributed by atoms with E-state index in [0.717, 1.165) is 0 Å². The molecule has 0 radical (unpaired) electrons. The molecule has 2 heterocycles. The number of hydrogen-bond acceptors (Lipinski definition) is 6. The van der Waals surface area contributed by atoms with Gasteiger partial charge in [-0.3, -0.25) is 9.87 Å².